The fourth-order valence-corrected chi connectivity index (χ4v) is 2.08. The fraction of sp³-hybridized carbons (Fsp3) is 0.176. The van der Waals surface area contributed by atoms with Crippen LogP contribution in [0.2, 0.25) is 5.02 Å². The van der Waals surface area contributed by atoms with Gasteiger partial charge in [-0.15, -0.1) is 0 Å². The van der Waals surface area contributed by atoms with Crippen LogP contribution in [0.25, 0.3) is 0 Å². The zero-order chi connectivity index (χ0) is 16.8. The minimum Gasteiger partial charge on any atom is -0.465 e. The van der Waals surface area contributed by atoms with Gasteiger partial charge in [-0.2, -0.15) is 0 Å². The molecule has 0 aliphatic rings. The Morgan fingerprint density at radius 3 is 2.48 bits per heavy atom. The predicted molar refractivity (Wildman–Crippen MR) is 91.1 cm³/mol. The first-order chi connectivity index (χ1) is 11.0. The third-order valence-corrected chi connectivity index (χ3v) is 3.50. The van der Waals surface area contributed by atoms with Gasteiger partial charge in [0.1, 0.15) is 0 Å². The lowest BCUT2D eigenvalue weighted by atomic mass is 10.2. The van der Waals surface area contributed by atoms with E-state index in [0.29, 0.717) is 16.3 Å². The van der Waals surface area contributed by atoms with E-state index in [-0.39, 0.29) is 12.5 Å². The molecule has 0 saturated carbocycles. The number of methoxy groups -OCH3 is 1. The largest absolute Gasteiger partial charge is 0.465 e. The van der Waals surface area contributed by atoms with Crippen LogP contribution in [-0.4, -0.2) is 25.5 Å². The molecule has 0 spiro atoms. The van der Waals surface area contributed by atoms with Crippen LogP contribution < -0.4 is 10.6 Å². The van der Waals surface area contributed by atoms with E-state index in [9.17, 15) is 9.59 Å². The number of halogens is 1. The Hall–Kier alpha value is -2.53. The third-order valence-electron chi connectivity index (χ3n) is 3.17. The number of hydrogen-bond acceptors (Lipinski definition) is 4. The zero-order valence-corrected chi connectivity index (χ0v) is 13.6. The molecule has 0 bridgehead atoms. The highest BCUT2D eigenvalue weighted by atomic mass is 35.5. The van der Waals surface area contributed by atoms with Crippen molar-refractivity contribution in [2.75, 3.05) is 24.3 Å². The van der Waals surface area contributed by atoms with Crippen LogP contribution in [0.4, 0.5) is 11.4 Å². The Labute approximate surface area is 139 Å². The number of anilines is 2. The highest BCUT2D eigenvalue weighted by Gasteiger charge is 2.11. The van der Waals surface area contributed by atoms with E-state index in [4.69, 9.17) is 11.6 Å². The van der Waals surface area contributed by atoms with Crippen molar-refractivity contribution in [2.24, 2.45) is 0 Å². The van der Waals surface area contributed by atoms with E-state index in [1.165, 1.54) is 25.3 Å². The Balaban J connectivity index is 1.99. The van der Waals surface area contributed by atoms with E-state index in [1.54, 1.807) is 0 Å². The molecule has 0 fully saturated rings. The molecule has 0 saturated heterocycles. The van der Waals surface area contributed by atoms with Gasteiger partial charge in [-0.25, -0.2) is 4.79 Å². The number of hydrogen-bond donors (Lipinski definition) is 2. The maximum Gasteiger partial charge on any atom is 0.337 e. The number of esters is 1. The van der Waals surface area contributed by atoms with Crippen LogP contribution in [0.5, 0.6) is 0 Å². The second-order valence-electron chi connectivity index (χ2n) is 4.95. The average molecular weight is 333 g/mol. The van der Waals surface area contributed by atoms with E-state index in [1.807, 2.05) is 31.2 Å². The molecule has 0 radical (unpaired) electrons. The summed E-state index contributed by atoms with van der Waals surface area (Å²) in [5.41, 5.74) is 2.68. The van der Waals surface area contributed by atoms with Gasteiger partial charge >= 0.3 is 5.97 Å². The van der Waals surface area contributed by atoms with Crippen molar-refractivity contribution in [3.8, 4) is 0 Å². The number of carbonyl (C=O) groups is 2. The third kappa shape index (κ3) is 4.72. The second-order valence-corrected chi connectivity index (χ2v) is 5.36. The summed E-state index contributed by atoms with van der Waals surface area (Å²) < 4.78 is 4.64. The van der Waals surface area contributed by atoms with E-state index in [0.717, 1.165) is 11.3 Å². The first kappa shape index (κ1) is 16.8. The van der Waals surface area contributed by atoms with Crippen LogP contribution in [0.15, 0.2) is 42.5 Å². The lowest BCUT2D eigenvalue weighted by Crippen LogP contribution is -2.22. The first-order valence-corrected chi connectivity index (χ1v) is 7.35. The molecule has 23 heavy (non-hydrogen) atoms. The van der Waals surface area contributed by atoms with Crippen LogP contribution in [0.3, 0.4) is 0 Å². The summed E-state index contributed by atoms with van der Waals surface area (Å²) in [6.45, 7) is 2.08. The van der Waals surface area contributed by atoms with Crippen molar-refractivity contribution in [3.63, 3.8) is 0 Å². The number of amides is 1. The van der Waals surface area contributed by atoms with Crippen molar-refractivity contribution in [1.82, 2.24) is 0 Å². The van der Waals surface area contributed by atoms with Crippen LogP contribution in [0, 0.1) is 6.92 Å². The van der Waals surface area contributed by atoms with Gasteiger partial charge in [-0.3, -0.25) is 4.79 Å². The number of ether oxygens (including phenoxy) is 1. The Kier molecular flexibility index (Phi) is 5.60. The molecule has 2 aromatic rings. The molecular weight excluding hydrogens is 316 g/mol. The normalized spacial score (nSPS) is 10.0. The molecule has 2 aromatic carbocycles. The van der Waals surface area contributed by atoms with Crippen molar-refractivity contribution in [2.45, 2.75) is 6.92 Å². The Bertz CT molecular complexity index is 714. The zero-order valence-electron chi connectivity index (χ0n) is 12.9. The smallest absolute Gasteiger partial charge is 0.337 e. The lowest BCUT2D eigenvalue weighted by Gasteiger charge is -2.10. The topological polar surface area (TPSA) is 67.4 Å². The number of carbonyl (C=O) groups excluding carboxylic acids is 2. The molecule has 6 heteroatoms. The van der Waals surface area contributed by atoms with Crippen LogP contribution in [-0.2, 0) is 9.53 Å². The Morgan fingerprint density at radius 2 is 1.83 bits per heavy atom. The number of benzene rings is 2. The highest BCUT2D eigenvalue weighted by molar-refractivity contribution is 6.33. The summed E-state index contributed by atoms with van der Waals surface area (Å²) in [4.78, 5) is 23.5. The molecule has 0 aliphatic carbocycles. The van der Waals surface area contributed by atoms with Gasteiger partial charge in [-0.1, -0.05) is 29.3 Å². The molecule has 0 aromatic heterocycles. The van der Waals surface area contributed by atoms with E-state index in [2.05, 4.69) is 15.4 Å². The summed E-state index contributed by atoms with van der Waals surface area (Å²) in [6.07, 6.45) is 0. The molecule has 2 rings (SSSR count). The van der Waals surface area contributed by atoms with Gasteiger partial charge in [0.05, 0.1) is 29.9 Å². The van der Waals surface area contributed by atoms with Crippen LogP contribution in [0.1, 0.15) is 15.9 Å². The average Bonchev–Trinajstić information content (AvgIpc) is 2.55. The minimum absolute atomic E-state index is 0.0852. The SMILES string of the molecule is COC(=O)c1ccc(Cl)c(NC(=O)CNc2ccc(C)cc2)c1. The Morgan fingerprint density at radius 1 is 1.13 bits per heavy atom. The van der Waals surface area contributed by atoms with Crippen LogP contribution >= 0.6 is 11.6 Å². The van der Waals surface area contributed by atoms with E-state index >= 15 is 0 Å². The summed E-state index contributed by atoms with van der Waals surface area (Å²) in [7, 11) is 1.29. The predicted octanol–water partition coefficient (Wildman–Crippen LogP) is 3.49. The summed E-state index contributed by atoms with van der Waals surface area (Å²) >= 11 is 6.04. The number of aryl methyl sites for hydroxylation is 1. The van der Waals surface area contributed by atoms with Crippen molar-refractivity contribution < 1.29 is 14.3 Å². The molecule has 120 valence electrons. The quantitative estimate of drug-likeness (QED) is 0.822. The molecule has 0 atom stereocenters. The first-order valence-electron chi connectivity index (χ1n) is 6.98. The maximum absolute atomic E-state index is 12.0. The second kappa shape index (κ2) is 7.65. The van der Waals surface area contributed by atoms with Gasteiger partial charge in [0.15, 0.2) is 0 Å². The van der Waals surface area contributed by atoms with Crippen molar-refractivity contribution in [3.05, 3.63) is 58.6 Å². The van der Waals surface area contributed by atoms with E-state index < -0.39 is 5.97 Å². The fourth-order valence-electron chi connectivity index (χ4n) is 1.91. The number of rotatable bonds is 5. The number of nitrogens with one attached hydrogen (secondary N) is 2. The molecule has 0 heterocycles. The van der Waals surface area contributed by atoms with Crippen molar-refractivity contribution in [1.29, 1.82) is 0 Å². The maximum atomic E-state index is 12.0. The van der Waals surface area contributed by atoms with Gasteiger partial charge in [-0.05, 0) is 37.3 Å². The highest BCUT2D eigenvalue weighted by Crippen LogP contribution is 2.23. The monoisotopic (exact) mass is 332 g/mol. The minimum atomic E-state index is -0.491. The molecule has 0 unspecified atom stereocenters. The van der Waals surface area contributed by atoms with Gasteiger partial charge in [0.2, 0.25) is 5.91 Å². The molecule has 1 amide bonds. The molecule has 5 nitrogen and oxygen atoms in total. The standard InChI is InChI=1S/C17H17ClN2O3/c1-11-3-6-13(7-4-11)19-10-16(21)20-15-9-12(17(22)23-2)5-8-14(15)18/h3-9,19H,10H2,1-2H3,(H,20,21). The molecule has 2 N–H and O–H groups in total. The van der Waals surface area contributed by atoms with Crippen molar-refractivity contribution >= 4 is 34.9 Å². The van der Waals surface area contributed by atoms with Gasteiger partial charge < -0.3 is 15.4 Å². The van der Waals surface area contributed by atoms with Gasteiger partial charge in [0.25, 0.3) is 0 Å². The van der Waals surface area contributed by atoms with Gasteiger partial charge in [0, 0.05) is 5.69 Å². The lowest BCUT2D eigenvalue weighted by molar-refractivity contribution is -0.114. The summed E-state index contributed by atoms with van der Waals surface area (Å²) in [5.74, 6) is -0.760. The molecular formula is C17H17ClN2O3. The molecule has 0 aliphatic heterocycles. The summed E-state index contributed by atoms with van der Waals surface area (Å²) in [5, 5.41) is 6.03. The summed E-state index contributed by atoms with van der Waals surface area (Å²) in [6, 6.07) is 12.3.